The van der Waals surface area contributed by atoms with Crippen LogP contribution in [0.5, 0.6) is 0 Å². The third-order valence-electron chi connectivity index (χ3n) is 4.82. The second-order valence-electron chi connectivity index (χ2n) is 7.88. The molecule has 4 rings (SSSR count). The van der Waals surface area contributed by atoms with E-state index in [4.69, 9.17) is 10.0 Å². The minimum atomic E-state index is -4.45. The summed E-state index contributed by atoms with van der Waals surface area (Å²) >= 11 is 3.28. The van der Waals surface area contributed by atoms with Gasteiger partial charge in [0, 0.05) is 33.8 Å². The van der Waals surface area contributed by atoms with Crippen molar-refractivity contribution in [3.63, 3.8) is 0 Å². The Morgan fingerprint density at radius 2 is 1.15 bits per heavy atom. The van der Waals surface area contributed by atoms with Gasteiger partial charge in [-0.05, 0) is 71.1 Å². The Bertz CT molecular complexity index is 1280. The van der Waals surface area contributed by atoms with Crippen molar-refractivity contribution in [3.8, 4) is 11.1 Å². The van der Waals surface area contributed by atoms with Crippen molar-refractivity contribution < 1.29 is 36.4 Å². The molecule has 0 spiro atoms. The Morgan fingerprint density at radius 3 is 1.57 bits per heavy atom. The molecule has 4 nitrogen and oxygen atoms in total. The van der Waals surface area contributed by atoms with Gasteiger partial charge < -0.3 is 10.0 Å². The van der Waals surface area contributed by atoms with Gasteiger partial charge in [-0.1, -0.05) is 57.3 Å². The fourth-order valence-electron chi connectivity index (χ4n) is 2.84. The van der Waals surface area contributed by atoms with Gasteiger partial charge in [0.05, 0.1) is 11.1 Å². The molecular weight excluding hydrogens is 601 g/mol. The molecule has 0 fully saturated rings. The number of halogens is 7. The highest BCUT2D eigenvalue weighted by Crippen LogP contribution is 2.32. The second-order valence-corrected chi connectivity index (χ2v) is 8.80. The Kier molecular flexibility index (Phi) is 14.8. The molecule has 0 aliphatic carbocycles. The number of nitrogens with zero attached hydrogens (tertiary/aromatic N) is 2. The molecule has 2 heterocycles. The van der Waals surface area contributed by atoms with Crippen LogP contribution in [-0.4, -0.2) is 27.1 Å². The molecule has 0 saturated heterocycles. The van der Waals surface area contributed by atoms with Crippen LogP contribution in [0.15, 0.2) is 89.7 Å². The molecular formula is C28H30BBrF6N2O2. The van der Waals surface area contributed by atoms with Crippen molar-refractivity contribution in [2.24, 2.45) is 0 Å². The molecule has 0 saturated carbocycles. The van der Waals surface area contributed by atoms with E-state index < -0.39 is 30.6 Å². The highest BCUT2D eigenvalue weighted by molar-refractivity contribution is 9.10. The molecule has 2 aromatic carbocycles. The summed E-state index contributed by atoms with van der Waals surface area (Å²) in [5.41, 5.74) is 1.38. The van der Waals surface area contributed by atoms with Crippen molar-refractivity contribution >= 4 is 28.5 Å². The van der Waals surface area contributed by atoms with Crippen LogP contribution in [0.25, 0.3) is 11.1 Å². The van der Waals surface area contributed by atoms with Crippen molar-refractivity contribution in [1.29, 1.82) is 0 Å². The van der Waals surface area contributed by atoms with E-state index in [1.165, 1.54) is 12.1 Å². The number of aromatic nitrogens is 2. The first kappa shape index (κ1) is 36.8. The van der Waals surface area contributed by atoms with Crippen LogP contribution in [0.4, 0.5) is 26.3 Å². The Hall–Kier alpha value is -3.22. The molecule has 0 bridgehead atoms. The Labute approximate surface area is 239 Å². The Morgan fingerprint density at radius 1 is 0.650 bits per heavy atom. The zero-order chi connectivity index (χ0) is 28.5. The van der Waals surface area contributed by atoms with Crippen molar-refractivity contribution in [1.82, 2.24) is 9.97 Å². The summed E-state index contributed by atoms with van der Waals surface area (Å²) in [5, 5.41) is 17.2. The van der Waals surface area contributed by atoms with Crippen LogP contribution in [-0.2, 0) is 12.4 Å². The molecule has 0 atom stereocenters. The lowest BCUT2D eigenvalue weighted by Gasteiger charge is -2.08. The third kappa shape index (κ3) is 12.3. The molecule has 40 heavy (non-hydrogen) atoms. The molecule has 2 aromatic heterocycles. The second kappa shape index (κ2) is 16.1. The summed E-state index contributed by atoms with van der Waals surface area (Å²) in [5.74, 6) is 0. The standard InChI is InChI=1S/C13H10F3N.C7H6BF3O2.C6H6BrN.2CH4/c1-9-5-6-11(8-17-9)10-3-2-4-12(7-10)13(14,15)16;9-7(10,11)5-2-1-3-6(4-5)8(12)13;1-5-2-3-6(7)4-8-5;;/h2-8H,1H3;1-4,12-13H;2-4H,1H3;2*1H4. The predicted octanol–water partition coefficient (Wildman–Crippen LogP) is 7.89. The molecule has 12 heteroatoms. The number of pyridine rings is 2. The highest BCUT2D eigenvalue weighted by Gasteiger charge is 2.31. The summed E-state index contributed by atoms with van der Waals surface area (Å²) < 4.78 is 74.8. The zero-order valence-corrected chi connectivity index (χ0v) is 21.7. The molecule has 0 unspecified atom stereocenters. The van der Waals surface area contributed by atoms with E-state index in [2.05, 4.69) is 25.9 Å². The van der Waals surface area contributed by atoms with Crippen LogP contribution in [0.1, 0.15) is 37.4 Å². The zero-order valence-electron chi connectivity index (χ0n) is 20.1. The lowest BCUT2D eigenvalue weighted by atomic mass is 9.79. The number of aryl methyl sites for hydroxylation is 2. The van der Waals surface area contributed by atoms with E-state index in [9.17, 15) is 26.3 Å². The number of hydrogen-bond acceptors (Lipinski definition) is 4. The van der Waals surface area contributed by atoms with Crippen LogP contribution in [0.2, 0.25) is 0 Å². The molecule has 0 amide bonds. The monoisotopic (exact) mass is 630 g/mol. The number of alkyl halides is 6. The van der Waals surface area contributed by atoms with Gasteiger partial charge in [-0.2, -0.15) is 26.3 Å². The van der Waals surface area contributed by atoms with Gasteiger partial charge in [0.25, 0.3) is 0 Å². The summed E-state index contributed by atoms with van der Waals surface area (Å²) in [4.78, 5) is 8.10. The fraction of sp³-hybridized carbons (Fsp3) is 0.214. The summed E-state index contributed by atoms with van der Waals surface area (Å²) in [6.45, 7) is 3.79. The number of hydrogen-bond donors (Lipinski definition) is 2. The summed E-state index contributed by atoms with van der Waals surface area (Å²) in [6, 6.07) is 16.6. The summed E-state index contributed by atoms with van der Waals surface area (Å²) in [7, 11) is -1.87. The van der Waals surface area contributed by atoms with E-state index in [0.717, 1.165) is 40.1 Å². The smallest absolute Gasteiger partial charge is 0.423 e. The highest BCUT2D eigenvalue weighted by atomic mass is 79.9. The van der Waals surface area contributed by atoms with Crippen LogP contribution in [0, 0.1) is 13.8 Å². The number of benzene rings is 2. The van der Waals surface area contributed by atoms with E-state index in [1.807, 2.05) is 26.0 Å². The van der Waals surface area contributed by atoms with Gasteiger partial charge in [-0.25, -0.2) is 0 Å². The normalized spacial score (nSPS) is 10.5. The quantitative estimate of drug-likeness (QED) is 0.175. The maximum absolute atomic E-state index is 12.5. The maximum atomic E-state index is 12.5. The SMILES string of the molecule is C.C.Cc1ccc(-c2cccc(C(F)(F)F)c2)cn1.Cc1ccc(Br)cn1.OB(O)c1cccc(C(F)(F)F)c1. The fourth-order valence-corrected chi connectivity index (χ4v) is 3.07. The molecule has 2 N–H and O–H groups in total. The largest absolute Gasteiger partial charge is 0.488 e. The van der Waals surface area contributed by atoms with Gasteiger partial charge in [0.2, 0.25) is 0 Å². The van der Waals surface area contributed by atoms with E-state index in [-0.39, 0.29) is 20.3 Å². The molecule has 0 aliphatic heterocycles. The molecule has 4 aromatic rings. The number of rotatable bonds is 2. The average Bonchev–Trinajstić information content (AvgIpc) is 2.86. The topological polar surface area (TPSA) is 66.2 Å². The minimum absolute atomic E-state index is 0. The molecule has 0 aliphatic rings. The third-order valence-corrected chi connectivity index (χ3v) is 5.29. The minimum Gasteiger partial charge on any atom is -0.423 e. The van der Waals surface area contributed by atoms with E-state index in [1.54, 1.807) is 30.6 Å². The molecule has 0 radical (unpaired) electrons. The summed E-state index contributed by atoms with van der Waals surface area (Å²) in [6.07, 6.45) is -5.40. The van der Waals surface area contributed by atoms with Gasteiger partial charge >= 0.3 is 19.5 Å². The molecule has 216 valence electrons. The van der Waals surface area contributed by atoms with Crippen molar-refractivity contribution in [2.45, 2.75) is 41.1 Å². The average molecular weight is 631 g/mol. The van der Waals surface area contributed by atoms with E-state index in [0.29, 0.717) is 17.2 Å². The predicted molar refractivity (Wildman–Crippen MR) is 151 cm³/mol. The first-order valence-corrected chi connectivity index (χ1v) is 11.7. The van der Waals surface area contributed by atoms with Gasteiger partial charge in [-0.15, -0.1) is 0 Å². The van der Waals surface area contributed by atoms with Gasteiger partial charge in [0.15, 0.2) is 0 Å². The van der Waals surface area contributed by atoms with E-state index >= 15 is 0 Å². The van der Waals surface area contributed by atoms with Crippen LogP contribution >= 0.6 is 15.9 Å². The van der Waals surface area contributed by atoms with Crippen molar-refractivity contribution in [2.75, 3.05) is 0 Å². The lowest BCUT2D eigenvalue weighted by molar-refractivity contribution is -0.138. The van der Waals surface area contributed by atoms with Gasteiger partial charge in [-0.3, -0.25) is 9.97 Å². The maximum Gasteiger partial charge on any atom is 0.488 e. The Balaban J connectivity index is 0.000000590. The first-order valence-electron chi connectivity index (χ1n) is 10.9. The van der Waals surface area contributed by atoms with Crippen molar-refractivity contribution in [3.05, 3.63) is 112 Å². The van der Waals surface area contributed by atoms with Crippen LogP contribution < -0.4 is 5.46 Å². The van der Waals surface area contributed by atoms with Crippen LogP contribution in [0.3, 0.4) is 0 Å². The first-order chi connectivity index (χ1) is 17.7. The van der Waals surface area contributed by atoms with Gasteiger partial charge in [0.1, 0.15) is 0 Å². The lowest BCUT2D eigenvalue weighted by Crippen LogP contribution is -2.30.